The van der Waals surface area contributed by atoms with Crippen molar-refractivity contribution in [3.8, 4) is 0 Å². The number of nitrogens with zero attached hydrogens (tertiary/aromatic N) is 1. The molecule has 1 fully saturated rings. The molecule has 7 heteroatoms. The maximum Gasteiger partial charge on any atom is 0.232 e. The first-order valence-corrected chi connectivity index (χ1v) is 11.9. The number of piperidine rings is 1. The molecule has 2 heterocycles. The molecule has 2 aliphatic rings. The van der Waals surface area contributed by atoms with Crippen LogP contribution >= 0.6 is 0 Å². The van der Waals surface area contributed by atoms with Crippen LogP contribution in [0, 0.1) is 11.7 Å². The number of fused-ring (bicyclic) bond motifs is 1. The fourth-order valence-corrected chi connectivity index (χ4v) is 5.29. The van der Waals surface area contributed by atoms with Crippen molar-refractivity contribution in [3.63, 3.8) is 0 Å². The normalized spacial score (nSPS) is 17.0. The van der Waals surface area contributed by atoms with Gasteiger partial charge in [0.25, 0.3) is 0 Å². The van der Waals surface area contributed by atoms with Crippen LogP contribution in [0.2, 0.25) is 0 Å². The van der Waals surface area contributed by atoms with Crippen LogP contribution in [-0.2, 0) is 16.4 Å². The number of sulfonamides is 1. The molecule has 158 valence electrons. The third-order valence-electron chi connectivity index (χ3n) is 5.44. The van der Waals surface area contributed by atoms with Gasteiger partial charge in [0.1, 0.15) is 5.82 Å². The fraction of sp³-hybridized carbons (Fsp3) is 0.455. The minimum atomic E-state index is -3.27. The van der Waals surface area contributed by atoms with Crippen molar-refractivity contribution in [1.82, 2.24) is 4.90 Å². The summed E-state index contributed by atoms with van der Waals surface area (Å²) >= 11 is 0. The van der Waals surface area contributed by atoms with E-state index in [-0.39, 0.29) is 17.5 Å². The molecule has 0 radical (unpaired) electrons. The average molecular weight is 420 g/mol. The highest BCUT2D eigenvalue weighted by Crippen LogP contribution is 2.27. The zero-order valence-electron chi connectivity index (χ0n) is 16.9. The molecule has 0 aliphatic carbocycles. The Bertz CT molecular complexity index is 882. The van der Waals surface area contributed by atoms with E-state index in [1.807, 2.05) is 18.2 Å². The summed E-state index contributed by atoms with van der Waals surface area (Å²) in [5, 5.41) is 3.28. The topological polar surface area (TPSA) is 61.4 Å². The lowest BCUT2D eigenvalue weighted by Gasteiger charge is -2.30. The summed E-state index contributed by atoms with van der Waals surface area (Å²) in [4.78, 5) is 2.38. The molecule has 0 spiro atoms. The van der Waals surface area contributed by atoms with E-state index in [4.69, 9.17) is 0 Å². The van der Waals surface area contributed by atoms with Crippen LogP contribution < -0.4 is 10.0 Å². The van der Waals surface area contributed by atoms with Crippen LogP contribution in [0.3, 0.4) is 0 Å². The molecular formula is C22H30FN3O2S. The summed E-state index contributed by atoms with van der Waals surface area (Å²) in [6.45, 7) is 6.17. The van der Waals surface area contributed by atoms with E-state index in [0.717, 1.165) is 51.1 Å². The third kappa shape index (κ3) is 6.72. The molecule has 0 bridgehead atoms. The highest BCUT2D eigenvalue weighted by molar-refractivity contribution is 7.92. The Labute approximate surface area is 173 Å². The lowest BCUT2D eigenvalue weighted by Crippen LogP contribution is -2.36. The molecule has 1 saturated heterocycles. The molecule has 4 rings (SSSR count). The second-order valence-corrected chi connectivity index (χ2v) is 9.37. The van der Waals surface area contributed by atoms with Crippen molar-refractivity contribution in [2.75, 3.05) is 42.0 Å². The smallest absolute Gasteiger partial charge is 0.232 e. The van der Waals surface area contributed by atoms with Crippen LogP contribution in [0.5, 0.6) is 0 Å². The van der Waals surface area contributed by atoms with Gasteiger partial charge in [0, 0.05) is 12.2 Å². The Kier molecular flexibility index (Phi) is 7.50. The van der Waals surface area contributed by atoms with Gasteiger partial charge < -0.3 is 10.2 Å². The molecule has 0 unspecified atom stereocenters. The molecular weight excluding hydrogens is 389 g/mol. The SMILES string of the molecule is CCN1CCC(CS(=O)(=O)Nc2ccc3c(c2)NCC3)CC1.Fc1ccccc1. The number of hydrogen-bond acceptors (Lipinski definition) is 4. The van der Waals surface area contributed by atoms with Gasteiger partial charge in [0.2, 0.25) is 10.0 Å². The number of anilines is 2. The minimum Gasteiger partial charge on any atom is -0.384 e. The highest BCUT2D eigenvalue weighted by Gasteiger charge is 2.24. The van der Waals surface area contributed by atoms with Crippen molar-refractivity contribution in [2.45, 2.75) is 26.2 Å². The van der Waals surface area contributed by atoms with Gasteiger partial charge >= 0.3 is 0 Å². The monoisotopic (exact) mass is 419 g/mol. The molecule has 0 aromatic heterocycles. The van der Waals surface area contributed by atoms with Crippen LogP contribution in [0.25, 0.3) is 0 Å². The Morgan fingerprint density at radius 2 is 1.86 bits per heavy atom. The maximum absolute atomic E-state index is 12.4. The van der Waals surface area contributed by atoms with E-state index in [1.54, 1.807) is 18.2 Å². The molecule has 2 aromatic carbocycles. The van der Waals surface area contributed by atoms with Crippen molar-refractivity contribution in [2.24, 2.45) is 5.92 Å². The number of halogens is 1. The van der Waals surface area contributed by atoms with Crippen molar-refractivity contribution in [3.05, 3.63) is 59.9 Å². The summed E-state index contributed by atoms with van der Waals surface area (Å²) < 4.78 is 39.4. The molecule has 0 atom stereocenters. The average Bonchev–Trinajstić information content (AvgIpc) is 3.17. The molecule has 2 aliphatic heterocycles. The first kappa shape index (κ1) is 21.6. The fourth-order valence-electron chi connectivity index (χ4n) is 3.77. The second-order valence-electron chi connectivity index (χ2n) is 7.61. The van der Waals surface area contributed by atoms with Crippen LogP contribution in [0.4, 0.5) is 15.8 Å². The summed E-state index contributed by atoms with van der Waals surface area (Å²) in [7, 11) is -3.27. The minimum absolute atomic E-state index is 0.178. The molecule has 0 amide bonds. The predicted octanol–water partition coefficient (Wildman–Crippen LogP) is 3.95. The summed E-state index contributed by atoms with van der Waals surface area (Å²) in [6, 6.07) is 13.7. The summed E-state index contributed by atoms with van der Waals surface area (Å²) in [6.07, 6.45) is 2.96. The first-order chi connectivity index (χ1) is 13.9. The number of hydrogen-bond donors (Lipinski definition) is 2. The third-order valence-corrected chi connectivity index (χ3v) is 6.89. The molecule has 29 heavy (non-hydrogen) atoms. The van der Waals surface area contributed by atoms with Crippen molar-refractivity contribution >= 4 is 21.4 Å². The second kappa shape index (κ2) is 10.1. The van der Waals surface area contributed by atoms with Gasteiger partial charge in [-0.1, -0.05) is 31.2 Å². The van der Waals surface area contributed by atoms with Gasteiger partial charge in [-0.15, -0.1) is 0 Å². The lowest BCUT2D eigenvalue weighted by atomic mass is 9.99. The van der Waals surface area contributed by atoms with E-state index in [1.165, 1.54) is 17.7 Å². The van der Waals surface area contributed by atoms with Crippen LogP contribution in [-0.4, -0.2) is 45.2 Å². The largest absolute Gasteiger partial charge is 0.384 e. The maximum atomic E-state index is 12.4. The molecule has 2 aromatic rings. The van der Waals surface area contributed by atoms with E-state index < -0.39 is 10.0 Å². The standard InChI is InChI=1S/C16H25N3O2S.C6H5F/c1-2-19-9-6-13(7-10-19)12-22(20,21)18-15-4-3-14-5-8-17-16(14)11-15;7-6-4-2-1-3-5-6/h3-4,11,13,17-18H,2,5-10,12H2,1H3;1-5H. The van der Waals surface area contributed by atoms with Crippen LogP contribution in [0.15, 0.2) is 48.5 Å². The van der Waals surface area contributed by atoms with E-state index >= 15 is 0 Å². The Morgan fingerprint density at radius 3 is 2.48 bits per heavy atom. The quantitative estimate of drug-likeness (QED) is 0.770. The van der Waals surface area contributed by atoms with Gasteiger partial charge in [-0.05, 0) is 74.6 Å². The Hall–Kier alpha value is -2.12. The number of benzene rings is 2. The van der Waals surface area contributed by atoms with Gasteiger partial charge in [-0.25, -0.2) is 12.8 Å². The zero-order chi connectivity index (χ0) is 20.7. The van der Waals surface area contributed by atoms with Gasteiger partial charge in [0.15, 0.2) is 0 Å². The number of likely N-dealkylation sites (tertiary alicyclic amines) is 1. The van der Waals surface area contributed by atoms with E-state index in [0.29, 0.717) is 5.69 Å². The van der Waals surface area contributed by atoms with Crippen molar-refractivity contribution < 1.29 is 12.8 Å². The van der Waals surface area contributed by atoms with Crippen molar-refractivity contribution in [1.29, 1.82) is 0 Å². The van der Waals surface area contributed by atoms with Gasteiger partial charge in [-0.2, -0.15) is 0 Å². The van der Waals surface area contributed by atoms with Gasteiger partial charge in [-0.3, -0.25) is 4.72 Å². The zero-order valence-corrected chi connectivity index (χ0v) is 17.7. The van der Waals surface area contributed by atoms with Crippen LogP contribution in [0.1, 0.15) is 25.3 Å². The highest BCUT2D eigenvalue weighted by atomic mass is 32.2. The summed E-state index contributed by atoms with van der Waals surface area (Å²) in [5.74, 6) is 0.324. The Balaban J connectivity index is 0.000000290. The van der Waals surface area contributed by atoms with Gasteiger partial charge in [0.05, 0.1) is 11.4 Å². The Morgan fingerprint density at radius 1 is 1.14 bits per heavy atom. The first-order valence-electron chi connectivity index (χ1n) is 10.3. The number of nitrogens with one attached hydrogen (secondary N) is 2. The van der Waals surface area contributed by atoms with E-state index in [2.05, 4.69) is 21.9 Å². The summed E-state index contributed by atoms with van der Waals surface area (Å²) in [5.41, 5.74) is 2.98. The predicted molar refractivity (Wildman–Crippen MR) is 117 cm³/mol. The number of rotatable bonds is 5. The molecule has 0 saturated carbocycles. The molecule has 5 nitrogen and oxygen atoms in total. The van der Waals surface area contributed by atoms with E-state index in [9.17, 15) is 12.8 Å². The lowest BCUT2D eigenvalue weighted by molar-refractivity contribution is 0.202. The molecule has 2 N–H and O–H groups in total.